The summed E-state index contributed by atoms with van der Waals surface area (Å²) in [4.78, 5) is 2.72. The van der Waals surface area contributed by atoms with E-state index in [4.69, 9.17) is 4.74 Å². The highest BCUT2D eigenvalue weighted by Gasteiger charge is 2.41. The lowest BCUT2D eigenvalue weighted by Gasteiger charge is -2.48. The van der Waals surface area contributed by atoms with Crippen molar-refractivity contribution in [2.75, 3.05) is 32.8 Å². The summed E-state index contributed by atoms with van der Waals surface area (Å²) in [5, 5.41) is 11.8. The third-order valence-corrected chi connectivity index (χ3v) is 6.14. The molecule has 0 bridgehead atoms. The van der Waals surface area contributed by atoms with Gasteiger partial charge in [0, 0.05) is 25.6 Å². The van der Waals surface area contributed by atoms with Crippen LogP contribution >= 0.6 is 24.8 Å². The monoisotopic (exact) mass is 391 g/mol. The van der Waals surface area contributed by atoms with Crippen molar-refractivity contribution in [1.82, 2.24) is 25.0 Å². The van der Waals surface area contributed by atoms with E-state index < -0.39 is 0 Å². The number of rotatable bonds is 2. The van der Waals surface area contributed by atoms with E-state index in [1.807, 2.05) is 6.33 Å². The lowest BCUT2D eigenvalue weighted by Crippen LogP contribution is -2.54. The van der Waals surface area contributed by atoms with E-state index in [0.717, 1.165) is 25.5 Å². The Bertz CT molecular complexity index is 521. The van der Waals surface area contributed by atoms with Crippen LogP contribution in [-0.2, 0) is 11.8 Å². The SMILES string of the molecule is Cl.Cl.Cn1cnnc1C1CCN(C2CCOC3(CCNCC3)C2)CC1. The molecule has 144 valence electrons. The molecule has 0 aliphatic carbocycles. The smallest absolute Gasteiger partial charge is 0.135 e. The number of piperidine rings is 2. The molecule has 0 amide bonds. The predicted molar refractivity (Wildman–Crippen MR) is 103 cm³/mol. The van der Waals surface area contributed by atoms with Gasteiger partial charge in [0.05, 0.1) is 5.60 Å². The summed E-state index contributed by atoms with van der Waals surface area (Å²) in [6, 6.07) is 0.710. The van der Waals surface area contributed by atoms with Crippen LogP contribution in [0.15, 0.2) is 6.33 Å². The predicted octanol–water partition coefficient (Wildman–Crippen LogP) is 2.14. The maximum atomic E-state index is 6.23. The molecule has 3 aliphatic heterocycles. The number of nitrogens with one attached hydrogen (secondary N) is 1. The van der Waals surface area contributed by atoms with Crippen molar-refractivity contribution < 1.29 is 4.74 Å². The van der Waals surface area contributed by atoms with Crippen molar-refractivity contribution in [3.63, 3.8) is 0 Å². The highest BCUT2D eigenvalue weighted by atomic mass is 35.5. The van der Waals surface area contributed by atoms with Crippen LogP contribution in [0.3, 0.4) is 0 Å². The van der Waals surface area contributed by atoms with Crippen LogP contribution in [-0.4, -0.2) is 64.1 Å². The van der Waals surface area contributed by atoms with E-state index in [9.17, 15) is 0 Å². The fourth-order valence-corrected chi connectivity index (χ4v) is 4.73. The fourth-order valence-electron chi connectivity index (χ4n) is 4.73. The maximum Gasteiger partial charge on any atom is 0.135 e. The van der Waals surface area contributed by atoms with E-state index in [1.165, 1.54) is 51.6 Å². The van der Waals surface area contributed by atoms with E-state index in [1.54, 1.807) is 0 Å². The van der Waals surface area contributed by atoms with Crippen LogP contribution in [0.4, 0.5) is 0 Å². The van der Waals surface area contributed by atoms with Gasteiger partial charge in [0.1, 0.15) is 12.2 Å². The Hall–Kier alpha value is -0.400. The molecule has 0 radical (unpaired) electrons. The Morgan fingerprint density at radius 3 is 2.52 bits per heavy atom. The molecule has 1 unspecified atom stereocenters. The first-order chi connectivity index (χ1) is 11.3. The van der Waals surface area contributed by atoms with Gasteiger partial charge in [-0.2, -0.15) is 0 Å². The molecule has 6 nitrogen and oxygen atoms in total. The summed E-state index contributed by atoms with van der Waals surface area (Å²) >= 11 is 0. The lowest BCUT2D eigenvalue weighted by atomic mass is 9.81. The van der Waals surface area contributed by atoms with Gasteiger partial charge in [0.25, 0.3) is 0 Å². The zero-order valence-electron chi connectivity index (χ0n) is 15.0. The van der Waals surface area contributed by atoms with Gasteiger partial charge in [-0.05, 0) is 64.7 Å². The summed E-state index contributed by atoms with van der Waals surface area (Å²) < 4.78 is 8.32. The van der Waals surface area contributed by atoms with Crippen LogP contribution in [0.1, 0.15) is 50.3 Å². The number of aromatic nitrogens is 3. The van der Waals surface area contributed by atoms with Crippen LogP contribution in [0.25, 0.3) is 0 Å². The third kappa shape index (κ3) is 4.48. The maximum absolute atomic E-state index is 6.23. The summed E-state index contributed by atoms with van der Waals surface area (Å²) in [5.41, 5.74) is 0.161. The minimum absolute atomic E-state index is 0. The molecule has 3 fully saturated rings. The van der Waals surface area contributed by atoms with Gasteiger partial charge < -0.3 is 19.5 Å². The quantitative estimate of drug-likeness (QED) is 0.836. The minimum atomic E-state index is 0. The lowest BCUT2D eigenvalue weighted by molar-refractivity contribution is -0.122. The first-order valence-corrected chi connectivity index (χ1v) is 9.18. The molecule has 3 aliphatic rings. The molecule has 1 atom stereocenters. The largest absolute Gasteiger partial charge is 0.375 e. The van der Waals surface area contributed by atoms with Gasteiger partial charge in [0.15, 0.2) is 0 Å². The summed E-state index contributed by atoms with van der Waals surface area (Å²) in [5.74, 6) is 1.73. The van der Waals surface area contributed by atoms with E-state index in [0.29, 0.717) is 12.0 Å². The average molecular weight is 392 g/mol. The van der Waals surface area contributed by atoms with E-state index in [2.05, 4.69) is 32.0 Å². The molecule has 1 aromatic rings. The molecule has 1 aromatic heterocycles. The number of halogens is 2. The molecular weight excluding hydrogens is 361 g/mol. The number of nitrogens with zero attached hydrogens (tertiary/aromatic N) is 4. The van der Waals surface area contributed by atoms with Crippen molar-refractivity contribution in [1.29, 1.82) is 0 Å². The fraction of sp³-hybridized carbons (Fsp3) is 0.882. The zero-order valence-corrected chi connectivity index (χ0v) is 16.7. The highest BCUT2D eigenvalue weighted by Crippen LogP contribution is 2.37. The topological polar surface area (TPSA) is 55.2 Å². The first kappa shape index (κ1) is 20.9. The van der Waals surface area contributed by atoms with E-state index >= 15 is 0 Å². The number of hydrogen-bond donors (Lipinski definition) is 1. The van der Waals surface area contributed by atoms with E-state index in [-0.39, 0.29) is 30.4 Å². The molecule has 0 aromatic carbocycles. The summed E-state index contributed by atoms with van der Waals surface area (Å²) in [6.07, 6.45) is 9.02. The van der Waals surface area contributed by atoms with Crippen molar-refractivity contribution in [2.24, 2.45) is 7.05 Å². The molecule has 25 heavy (non-hydrogen) atoms. The normalized spacial score (nSPS) is 27.5. The number of aryl methyl sites for hydroxylation is 1. The van der Waals surface area contributed by atoms with Crippen LogP contribution in [0.5, 0.6) is 0 Å². The average Bonchev–Trinajstić information content (AvgIpc) is 3.02. The second-order valence-corrected chi connectivity index (χ2v) is 7.54. The molecule has 4 rings (SSSR count). The van der Waals surface area contributed by atoms with Crippen molar-refractivity contribution in [3.8, 4) is 0 Å². The number of likely N-dealkylation sites (tertiary alicyclic amines) is 1. The molecular formula is C17H31Cl2N5O. The standard InChI is InChI=1S/C17H29N5O.2ClH/c1-21-13-19-20-16(21)14-2-9-22(10-3-14)15-4-11-23-17(12-15)5-7-18-8-6-17;;/h13-15,18H,2-12H2,1H3;2*1H. The van der Waals surface area contributed by atoms with Gasteiger partial charge in [0.2, 0.25) is 0 Å². The molecule has 1 N–H and O–H groups in total. The molecule has 3 saturated heterocycles. The second kappa shape index (κ2) is 9.00. The van der Waals surface area contributed by atoms with Crippen LogP contribution < -0.4 is 5.32 Å². The van der Waals surface area contributed by atoms with Crippen LogP contribution in [0, 0.1) is 0 Å². The second-order valence-electron chi connectivity index (χ2n) is 7.54. The van der Waals surface area contributed by atoms with Gasteiger partial charge in [-0.15, -0.1) is 35.0 Å². The highest BCUT2D eigenvalue weighted by molar-refractivity contribution is 5.85. The van der Waals surface area contributed by atoms with Gasteiger partial charge >= 0.3 is 0 Å². The Labute approximate surface area is 162 Å². The zero-order chi connectivity index (χ0) is 15.7. The van der Waals surface area contributed by atoms with Crippen molar-refractivity contribution in [2.45, 2.75) is 56.1 Å². The Kier molecular flexibility index (Phi) is 7.52. The number of ether oxygens (including phenoxy) is 1. The van der Waals surface area contributed by atoms with Gasteiger partial charge in [-0.25, -0.2) is 0 Å². The van der Waals surface area contributed by atoms with Crippen molar-refractivity contribution in [3.05, 3.63) is 12.2 Å². The third-order valence-electron chi connectivity index (χ3n) is 6.14. The van der Waals surface area contributed by atoms with Crippen molar-refractivity contribution >= 4 is 24.8 Å². The molecule has 1 spiro atoms. The Balaban J connectivity index is 0.00000113. The molecule has 8 heteroatoms. The Morgan fingerprint density at radius 2 is 1.88 bits per heavy atom. The molecule has 4 heterocycles. The van der Waals surface area contributed by atoms with Crippen LogP contribution in [0.2, 0.25) is 0 Å². The van der Waals surface area contributed by atoms with Gasteiger partial charge in [-0.1, -0.05) is 0 Å². The number of hydrogen-bond acceptors (Lipinski definition) is 5. The summed E-state index contributed by atoms with van der Waals surface area (Å²) in [6.45, 7) is 5.54. The molecule has 0 saturated carbocycles. The van der Waals surface area contributed by atoms with Gasteiger partial charge in [-0.3, -0.25) is 0 Å². The Morgan fingerprint density at radius 1 is 1.16 bits per heavy atom. The summed E-state index contributed by atoms with van der Waals surface area (Å²) in [7, 11) is 2.06. The minimum Gasteiger partial charge on any atom is -0.375 e. The first-order valence-electron chi connectivity index (χ1n) is 9.18.